The van der Waals surface area contributed by atoms with E-state index in [4.69, 9.17) is 16.3 Å². The first kappa shape index (κ1) is 19.1. The van der Waals surface area contributed by atoms with Crippen LogP contribution in [0.5, 0.6) is 5.75 Å². The number of rotatable bonds is 5. The monoisotopic (exact) mass is 408 g/mol. The number of benzene rings is 1. The SMILES string of the molecule is COc1c(C(C)Nc2ncnc3[nH]cnc23)cc(Cl)c(C)c1-c1cncc(C)c1. The predicted molar refractivity (Wildman–Crippen MR) is 114 cm³/mol. The molecule has 0 saturated carbocycles. The summed E-state index contributed by atoms with van der Waals surface area (Å²) in [6.07, 6.45) is 6.75. The number of nitrogens with one attached hydrogen (secondary N) is 2. The molecule has 3 heterocycles. The lowest BCUT2D eigenvalue weighted by Gasteiger charge is -2.22. The van der Waals surface area contributed by atoms with Gasteiger partial charge in [0, 0.05) is 34.1 Å². The lowest BCUT2D eigenvalue weighted by Crippen LogP contribution is -2.11. The molecule has 8 heteroatoms. The van der Waals surface area contributed by atoms with Crippen LogP contribution in [-0.4, -0.2) is 32.0 Å². The van der Waals surface area contributed by atoms with Crippen molar-refractivity contribution in [1.82, 2.24) is 24.9 Å². The maximum absolute atomic E-state index is 6.62. The molecule has 1 atom stereocenters. The van der Waals surface area contributed by atoms with Crippen molar-refractivity contribution in [3.05, 3.63) is 58.9 Å². The molecule has 7 nitrogen and oxygen atoms in total. The summed E-state index contributed by atoms with van der Waals surface area (Å²) < 4.78 is 5.86. The second kappa shape index (κ2) is 7.67. The summed E-state index contributed by atoms with van der Waals surface area (Å²) >= 11 is 6.62. The Bertz CT molecular complexity index is 1190. The number of aryl methyl sites for hydroxylation is 1. The van der Waals surface area contributed by atoms with Crippen LogP contribution in [0.25, 0.3) is 22.3 Å². The fourth-order valence-corrected chi connectivity index (χ4v) is 3.69. The molecule has 0 fully saturated rings. The number of hydrogen-bond acceptors (Lipinski definition) is 6. The normalized spacial score (nSPS) is 12.2. The maximum Gasteiger partial charge on any atom is 0.162 e. The number of ether oxygens (including phenoxy) is 1. The molecular weight excluding hydrogens is 388 g/mol. The number of H-pyrrole nitrogens is 1. The number of hydrogen-bond donors (Lipinski definition) is 2. The van der Waals surface area contributed by atoms with Crippen molar-refractivity contribution in [2.45, 2.75) is 26.8 Å². The van der Waals surface area contributed by atoms with E-state index in [1.165, 1.54) is 6.33 Å². The van der Waals surface area contributed by atoms with E-state index in [1.807, 2.05) is 39.2 Å². The molecule has 0 bridgehead atoms. The molecular formula is C21H21ClN6O. The van der Waals surface area contributed by atoms with Crippen LogP contribution in [0.2, 0.25) is 5.02 Å². The summed E-state index contributed by atoms with van der Waals surface area (Å²) in [7, 11) is 1.67. The van der Waals surface area contributed by atoms with Gasteiger partial charge in [-0.1, -0.05) is 11.6 Å². The quantitative estimate of drug-likeness (QED) is 0.490. The molecule has 4 rings (SSSR count). The molecule has 0 saturated heterocycles. The number of halogens is 1. The van der Waals surface area contributed by atoms with Gasteiger partial charge >= 0.3 is 0 Å². The number of aromatic nitrogens is 5. The highest BCUT2D eigenvalue weighted by Gasteiger charge is 2.22. The molecule has 0 amide bonds. The van der Waals surface area contributed by atoms with Gasteiger partial charge in [0.05, 0.1) is 19.5 Å². The third-order valence-corrected chi connectivity index (χ3v) is 5.30. The summed E-state index contributed by atoms with van der Waals surface area (Å²) in [4.78, 5) is 20.2. The Balaban J connectivity index is 1.82. The molecule has 4 aromatic rings. The van der Waals surface area contributed by atoms with Gasteiger partial charge in [0.15, 0.2) is 11.5 Å². The van der Waals surface area contributed by atoms with E-state index in [-0.39, 0.29) is 6.04 Å². The van der Waals surface area contributed by atoms with Gasteiger partial charge in [-0.15, -0.1) is 0 Å². The van der Waals surface area contributed by atoms with Crippen LogP contribution in [0.4, 0.5) is 5.82 Å². The highest BCUT2D eigenvalue weighted by atomic mass is 35.5. The highest BCUT2D eigenvalue weighted by Crippen LogP contribution is 2.42. The first-order chi connectivity index (χ1) is 14.0. The van der Waals surface area contributed by atoms with Gasteiger partial charge in [0.2, 0.25) is 0 Å². The van der Waals surface area contributed by atoms with Gasteiger partial charge in [-0.3, -0.25) is 4.98 Å². The van der Waals surface area contributed by atoms with Crippen LogP contribution >= 0.6 is 11.6 Å². The standard InChI is InChI=1S/C21H21ClN6O/c1-11-5-14(8-23-7-11)17-12(2)16(22)6-15(19(17)29-4)13(3)28-21-18-20(25-9-24-18)26-10-27-21/h5-10,13H,1-4H3,(H2,24,25,26,27,28). The zero-order valence-corrected chi connectivity index (χ0v) is 17.4. The van der Waals surface area contributed by atoms with E-state index in [2.05, 4.69) is 36.3 Å². The van der Waals surface area contributed by atoms with E-state index in [9.17, 15) is 0 Å². The van der Waals surface area contributed by atoms with Crippen molar-refractivity contribution >= 4 is 28.6 Å². The zero-order chi connectivity index (χ0) is 20.5. The molecule has 29 heavy (non-hydrogen) atoms. The van der Waals surface area contributed by atoms with Crippen molar-refractivity contribution in [3.8, 4) is 16.9 Å². The molecule has 1 aromatic carbocycles. The lowest BCUT2D eigenvalue weighted by atomic mass is 9.94. The van der Waals surface area contributed by atoms with E-state index in [0.717, 1.165) is 33.6 Å². The number of pyridine rings is 1. The number of anilines is 1. The number of aromatic amines is 1. The Morgan fingerprint density at radius 2 is 1.97 bits per heavy atom. The number of nitrogens with zero attached hydrogens (tertiary/aromatic N) is 4. The van der Waals surface area contributed by atoms with Crippen LogP contribution in [0, 0.1) is 13.8 Å². The Hall–Kier alpha value is -3.19. The maximum atomic E-state index is 6.62. The van der Waals surface area contributed by atoms with Crippen LogP contribution in [0.3, 0.4) is 0 Å². The Labute approximate surface area is 173 Å². The van der Waals surface area contributed by atoms with E-state index < -0.39 is 0 Å². The van der Waals surface area contributed by atoms with E-state index >= 15 is 0 Å². The smallest absolute Gasteiger partial charge is 0.162 e. The minimum absolute atomic E-state index is 0.144. The summed E-state index contributed by atoms with van der Waals surface area (Å²) in [6.45, 7) is 6.03. The van der Waals surface area contributed by atoms with E-state index in [0.29, 0.717) is 22.0 Å². The van der Waals surface area contributed by atoms with Crippen LogP contribution in [0.15, 0.2) is 37.2 Å². The third kappa shape index (κ3) is 3.49. The Kier molecular flexibility index (Phi) is 5.07. The Morgan fingerprint density at radius 3 is 2.72 bits per heavy atom. The highest BCUT2D eigenvalue weighted by molar-refractivity contribution is 6.32. The fraction of sp³-hybridized carbons (Fsp3) is 0.238. The molecule has 0 spiro atoms. The lowest BCUT2D eigenvalue weighted by molar-refractivity contribution is 0.409. The van der Waals surface area contributed by atoms with Gasteiger partial charge in [0.1, 0.15) is 17.6 Å². The first-order valence-electron chi connectivity index (χ1n) is 9.19. The number of methoxy groups -OCH3 is 1. The summed E-state index contributed by atoms with van der Waals surface area (Å²) in [6, 6.07) is 3.87. The van der Waals surface area contributed by atoms with Crippen molar-refractivity contribution in [2.24, 2.45) is 0 Å². The summed E-state index contributed by atoms with van der Waals surface area (Å²) in [5.41, 5.74) is 6.19. The van der Waals surface area contributed by atoms with Crippen molar-refractivity contribution in [1.29, 1.82) is 0 Å². The van der Waals surface area contributed by atoms with Gasteiger partial charge in [-0.25, -0.2) is 15.0 Å². The third-order valence-electron chi connectivity index (χ3n) is 4.91. The molecule has 3 aromatic heterocycles. The molecule has 0 aliphatic carbocycles. The Morgan fingerprint density at radius 1 is 1.14 bits per heavy atom. The van der Waals surface area contributed by atoms with Crippen molar-refractivity contribution in [2.75, 3.05) is 12.4 Å². The molecule has 0 aliphatic heterocycles. The number of imidazole rings is 1. The number of fused-ring (bicyclic) bond motifs is 1. The zero-order valence-electron chi connectivity index (χ0n) is 16.6. The largest absolute Gasteiger partial charge is 0.496 e. The molecule has 0 aliphatic rings. The molecule has 0 radical (unpaired) electrons. The molecule has 2 N–H and O–H groups in total. The van der Waals surface area contributed by atoms with Crippen LogP contribution in [-0.2, 0) is 0 Å². The van der Waals surface area contributed by atoms with Gasteiger partial charge in [-0.2, -0.15) is 0 Å². The van der Waals surface area contributed by atoms with Gasteiger partial charge in [0.25, 0.3) is 0 Å². The van der Waals surface area contributed by atoms with Crippen LogP contribution < -0.4 is 10.1 Å². The minimum Gasteiger partial charge on any atom is -0.496 e. The van der Waals surface area contributed by atoms with Gasteiger partial charge in [-0.05, 0) is 44.0 Å². The van der Waals surface area contributed by atoms with Gasteiger partial charge < -0.3 is 15.0 Å². The summed E-state index contributed by atoms with van der Waals surface area (Å²) in [5.74, 6) is 1.40. The second-order valence-corrected chi connectivity index (χ2v) is 7.33. The molecule has 148 valence electrons. The first-order valence-corrected chi connectivity index (χ1v) is 9.57. The summed E-state index contributed by atoms with van der Waals surface area (Å²) in [5, 5.41) is 4.08. The predicted octanol–water partition coefficient (Wildman–Crippen LogP) is 4.87. The minimum atomic E-state index is -0.144. The van der Waals surface area contributed by atoms with E-state index in [1.54, 1.807) is 13.4 Å². The molecule has 1 unspecified atom stereocenters. The van der Waals surface area contributed by atoms with Crippen molar-refractivity contribution < 1.29 is 4.74 Å². The van der Waals surface area contributed by atoms with Crippen LogP contribution in [0.1, 0.15) is 29.7 Å². The average molecular weight is 409 g/mol. The fourth-order valence-electron chi connectivity index (χ4n) is 3.48. The average Bonchev–Trinajstić information content (AvgIpc) is 3.19. The topological polar surface area (TPSA) is 88.6 Å². The van der Waals surface area contributed by atoms with Crippen molar-refractivity contribution in [3.63, 3.8) is 0 Å². The second-order valence-electron chi connectivity index (χ2n) is 6.92.